The van der Waals surface area contributed by atoms with Gasteiger partial charge in [-0.1, -0.05) is 60.7 Å². The van der Waals surface area contributed by atoms with Gasteiger partial charge in [-0.2, -0.15) is 0 Å². The number of carboxylic acid groups (broad SMARTS) is 1. The number of phenols is 1. The Labute approximate surface area is 286 Å². The fourth-order valence-electron chi connectivity index (χ4n) is 5.26. The van der Waals surface area contributed by atoms with Gasteiger partial charge < -0.3 is 47.9 Å². The molecule has 0 spiro atoms. The second-order valence-electron chi connectivity index (χ2n) is 11.7. The predicted octanol–water partition coefficient (Wildman–Crippen LogP) is -0.241. The van der Waals surface area contributed by atoms with Crippen LogP contribution >= 0.6 is 0 Å². The average Bonchev–Trinajstić information content (AvgIpc) is 3.50. The summed E-state index contributed by atoms with van der Waals surface area (Å²) >= 11 is 0. The Morgan fingerprint density at radius 3 is 1.96 bits per heavy atom. The van der Waals surface area contributed by atoms with Gasteiger partial charge in [-0.25, -0.2) is 4.79 Å². The Balaban J connectivity index is 1.51. The summed E-state index contributed by atoms with van der Waals surface area (Å²) in [7, 11) is 0. The van der Waals surface area contributed by atoms with Crippen LogP contribution in [0.4, 0.5) is 0 Å². The number of benzene rings is 3. The molecule has 1 aromatic heterocycles. The normalized spacial score (nSPS) is 13.3. The number of hydrogen-bond donors (Lipinski definition) is 9. The van der Waals surface area contributed by atoms with Crippen molar-refractivity contribution in [1.29, 1.82) is 0 Å². The van der Waals surface area contributed by atoms with Gasteiger partial charge >= 0.3 is 5.97 Å². The van der Waals surface area contributed by atoms with Gasteiger partial charge in [0.1, 0.15) is 23.9 Å². The van der Waals surface area contributed by atoms with Crippen LogP contribution in [0.1, 0.15) is 23.1 Å². The Hall–Kier alpha value is -6.22. The largest absolute Gasteiger partial charge is 0.508 e. The number of carbonyl (C=O) groups is 6. The van der Waals surface area contributed by atoms with Crippen molar-refractivity contribution in [3.8, 4) is 5.75 Å². The Morgan fingerprint density at radius 2 is 1.30 bits per heavy atom. The molecule has 1 heterocycles. The SMILES string of the molecule is NC(=O)C[C@H](NC(=O)[C@H](Cc1ccccc1)NC(=O)[C@H](Cc1c[nH]c2ccccc12)NC(=O)CNC(=O)[C@@H](N)Cc1ccc(O)cc1)C(=O)O. The van der Waals surface area contributed by atoms with E-state index in [0.29, 0.717) is 16.7 Å². The van der Waals surface area contributed by atoms with Crippen molar-refractivity contribution in [3.05, 3.63) is 102 Å². The molecule has 0 bridgehead atoms. The lowest BCUT2D eigenvalue weighted by Crippen LogP contribution is -2.58. The molecule has 0 aliphatic carbocycles. The van der Waals surface area contributed by atoms with Crippen molar-refractivity contribution in [2.24, 2.45) is 11.5 Å². The van der Waals surface area contributed by atoms with Crippen molar-refractivity contribution in [2.45, 2.75) is 49.9 Å². The number of aromatic nitrogens is 1. The summed E-state index contributed by atoms with van der Waals surface area (Å²) < 4.78 is 0. The number of phenolic OH excluding ortho intramolecular Hbond substituents is 1. The molecule has 262 valence electrons. The fraction of sp³-hybridized carbons (Fsp3) is 0.257. The molecule has 15 heteroatoms. The number of H-pyrrole nitrogens is 1. The first kappa shape index (κ1) is 36.6. The van der Waals surface area contributed by atoms with Gasteiger partial charge in [0.2, 0.25) is 29.5 Å². The zero-order valence-electron chi connectivity index (χ0n) is 26.9. The minimum Gasteiger partial charge on any atom is -0.508 e. The molecule has 0 aliphatic rings. The summed E-state index contributed by atoms with van der Waals surface area (Å²) in [5, 5.41) is 29.8. The molecule has 0 fully saturated rings. The van der Waals surface area contributed by atoms with Gasteiger partial charge in [-0.05, 0) is 41.3 Å². The summed E-state index contributed by atoms with van der Waals surface area (Å²) in [4.78, 5) is 79.4. The Morgan fingerprint density at radius 1 is 0.700 bits per heavy atom. The summed E-state index contributed by atoms with van der Waals surface area (Å²) in [6.45, 7) is -0.513. The Kier molecular flexibility index (Phi) is 12.6. The molecule has 4 rings (SSSR count). The van der Waals surface area contributed by atoms with Crippen LogP contribution in [0, 0.1) is 0 Å². The quantitative estimate of drug-likeness (QED) is 0.0709. The number of aromatic hydroxyl groups is 1. The van der Waals surface area contributed by atoms with Crippen molar-refractivity contribution < 1.29 is 39.0 Å². The molecule has 0 radical (unpaired) electrons. The highest BCUT2D eigenvalue weighted by molar-refractivity contribution is 5.96. The molecule has 4 aromatic rings. The maximum absolute atomic E-state index is 13.9. The molecule has 3 aromatic carbocycles. The number of amides is 5. The number of carboxylic acids is 1. The minimum atomic E-state index is -1.64. The summed E-state index contributed by atoms with van der Waals surface area (Å²) in [6.07, 6.45) is 1.10. The number of nitrogens with two attached hydrogens (primary N) is 2. The number of aromatic amines is 1. The summed E-state index contributed by atoms with van der Waals surface area (Å²) in [5.41, 5.74) is 14.0. The van der Waals surface area contributed by atoms with Crippen LogP contribution in [-0.2, 0) is 48.0 Å². The topological polar surface area (TPSA) is 259 Å². The van der Waals surface area contributed by atoms with Crippen molar-refractivity contribution in [2.75, 3.05) is 6.54 Å². The number of para-hydroxylation sites is 1. The van der Waals surface area contributed by atoms with Gasteiger partial charge in [0.15, 0.2) is 0 Å². The van der Waals surface area contributed by atoms with E-state index in [1.807, 2.05) is 24.3 Å². The van der Waals surface area contributed by atoms with Crippen LogP contribution in [0.25, 0.3) is 10.9 Å². The van der Waals surface area contributed by atoms with Crippen LogP contribution < -0.4 is 32.7 Å². The Bertz CT molecular complexity index is 1830. The van der Waals surface area contributed by atoms with E-state index in [1.165, 1.54) is 12.1 Å². The highest BCUT2D eigenvalue weighted by Crippen LogP contribution is 2.19. The van der Waals surface area contributed by atoms with E-state index in [4.69, 9.17) is 11.5 Å². The van der Waals surface area contributed by atoms with E-state index in [-0.39, 0.29) is 25.0 Å². The first-order valence-electron chi connectivity index (χ1n) is 15.7. The maximum atomic E-state index is 13.9. The van der Waals surface area contributed by atoms with Crippen LogP contribution in [-0.4, -0.2) is 81.4 Å². The van der Waals surface area contributed by atoms with Crippen LogP contribution in [0.15, 0.2) is 85.1 Å². The van der Waals surface area contributed by atoms with Crippen molar-refractivity contribution >= 4 is 46.4 Å². The van der Waals surface area contributed by atoms with E-state index in [9.17, 15) is 39.0 Å². The zero-order valence-corrected chi connectivity index (χ0v) is 26.9. The lowest BCUT2D eigenvalue weighted by Gasteiger charge is -2.25. The van der Waals surface area contributed by atoms with Crippen LogP contribution in [0.3, 0.4) is 0 Å². The average molecular weight is 686 g/mol. The zero-order chi connectivity index (χ0) is 36.2. The molecule has 0 aliphatic heterocycles. The lowest BCUT2D eigenvalue weighted by atomic mass is 10.0. The van der Waals surface area contributed by atoms with Gasteiger partial charge in [0, 0.05) is 29.9 Å². The first-order valence-corrected chi connectivity index (χ1v) is 15.7. The smallest absolute Gasteiger partial charge is 0.326 e. The molecule has 15 nitrogen and oxygen atoms in total. The number of nitrogens with one attached hydrogen (secondary N) is 5. The van der Waals surface area contributed by atoms with E-state index in [0.717, 1.165) is 10.9 Å². The predicted molar refractivity (Wildman–Crippen MR) is 182 cm³/mol. The fourth-order valence-corrected chi connectivity index (χ4v) is 5.26. The summed E-state index contributed by atoms with van der Waals surface area (Å²) in [5.74, 6) is -5.36. The molecule has 0 saturated carbocycles. The second kappa shape index (κ2) is 17.3. The number of rotatable bonds is 17. The van der Waals surface area contributed by atoms with Crippen LogP contribution in [0.2, 0.25) is 0 Å². The third-order valence-corrected chi connectivity index (χ3v) is 7.84. The molecule has 0 unspecified atom stereocenters. The lowest BCUT2D eigenvalue weighted by molar-refractivity contribution is -0.143. The van der Waals surface area contributed by atoms with E-state index < -0.39 is 72.6 Å². The minimum absolute atomic E-state index is 0.0188. The third-order valence-electron chi connectivity index (χ3n) is 7.84. The van der Waals surface area contributed by atoms with Crippen molar-refractivity contribution in [3.63, 3.8) is 0 Å². The number of primary amides is 1. The molecular weight excluding hydrogens is 646 g/mol. The van der Waals surface area contributed by atoms with E-state index >= 15 is 0 Å². The molecule has 0 saturated heterocycles. The highest BCUT2D eigenvalue weighted by Gasteiger charge is 2.31. The molecule has 11 N–H and O–H groups in total. The van der Waals surface area contributed by atoms with E-state index in [1.54, 1.807) is 48.7 Å². The number of carbonyl (C=O) groups excluding carboxylic acids is 5. The monoisotopic (exact) mass is 685 g/mol. The van der Waals surface area contributed by atoms with E-state index in [2.05, 4.69) is 26.3 Å². The van der Waals surface area contributed by atoms with Gasteiger partial charge in [0.05, 0.1) is 19.0 Å². The number of hydrogen-bond acceptors (Lipinski definition) is 8. The number of fused-ring (bicyclic) bond motifs is 1. The van der Waals surface area contributed by atoms with Gasteiger partial charge in [-0.15, -0.1) is 0 Å². The van der Waals surface area contributed by atoms with Gasteiger partial charge in [-0.3, -0.25) is 24.0 Å². The molecule has 50 heavy (non-hydrogen) atoms. The summed E-state index contributed by atoms with van der Waals surface area (Å²) in [6, 6.07) is 16.9. The molecule has 4 atom stereocenters. The maximum Gasteiger partial charge on any atom is 0.326 e. The standard InChI is InChI=1S/C35H39N7O8/c36-25(14-21-10-12-23(43)13-11-21)32(46)39-19-31(45)40-28(16-22-18-38-26-9-5-4-8-24(22)26)34(48)41-27(15-20-6-2-1-3-7-20)33(47)42-29(35(49)50)17-30(37)44/h1-13,18,25,27-29,38,43H,14-17,19,36H2,(H2,37,44)(H,39,46)(H,40,45)(H,41,48)(H,42,47)(H,49,50)/t25-,27-,28-,29-/m0/s1. The van der Waals surface area contributed by atoms with Gasteiger partial charge in [0.25, 0.3) is 0 Å². The third kappa shape index (κ3) is 10.6. The molecule has 5 amide bonds. The highest BCUT2D eigenvalue weighted by atomic mass is 16.4. The first-order chi connectivity index (χ1) is 23.9. The number of aliphatic carboxylic acids is 1. The second-order valence-corrected chi connectivity index (χ2v) is 11.7. The van der Waals surface area contributed by atoms with Crippen molar-refractivity contribution in [1.82, 2.24) is 26.3 Å². The van der Waals surface area contributed by atoms with Crippen LogP contribution in [0.5, 0.6) is 5.75 Å². The molecular formula is C35H39N7O8.